The van der Waals surface area contributed by atoms with Gasteiger partial charge in [0.05, 0.1) is 0 Å². The van der Waals surface area contributed by atoms with Crippen LogP contribution in [0.25, 0.3) is 0 Å². The molecule has 83 heavy (non-hydrogen) atoms. The molecule has 0 radical (unpaired) electrons. The maximum absolute atomic E-state index is 12.9. The van der Waals surface area contributed by atoms with Crippen LogP contribution in [0.2, 0.25) is 0 Å². The van der Waals surface area contributed by atoms with Crippen molar-refractivity contribution in [2.45, 2.75) is 297 Å². The van der Waals surface area contributed by atoms with Crippen molar-refractivity contribution < 1.29 is 28.6 Å². The van der Waals surface area contributed by atoms with Gasteiger partial charge in [0, 0.05) is 19.3 Å². The molecule has 0 spiro atoms. The maximum atomic E-state index is 12.9. The van der Waals surface area contributed by atoms with E-state index in [2.05, 4.69) is 179 Å². The quantitative estimate of drug-likeness (QED) is 0.0261. The molecule has 0 fully saturated rings. The fourth-order valence-corrected chi connectivity index (χ4v) is 8.97. The molecule has 6 nitrogen and oxygen atoms in total. The van der Waals surface area contributed by atoms with E-state index in [-0.39, 0.29) is 31.1 Å². The van der Waals surface area contributed by atoms with E-state index in [0.29, 0.717) is 19.3 Å². The van der Waals surface area contributed by atoms with E-state index in [1.54, 1.807) is 0 Å². The molecule has 1 unspecified atom stereocenters. The third-order valence-electron chi connectivity index (χ3n) is 14.0. The predicted octanol–water partition coefficient (Wildman–Crippen LogP) is 23.7. The molecule has 6 heteroatoms. The maximum Gasteiger partial charge on any atom is 0.306 e. The van der Waals surface area contributed by atoms with Crippen molar-refractivity contribution in [3.63, 3.8) is 0 Å². The summed E-state index contributed by atoms with van der Waals surface area (Å²) in [4.78, 5) is 38.5. The fourth-order valence-electron chi connectivity index (χ4n) is 8.97. The molecule has 0 amide bonds. The van der Waals surface area contributed by atoms with E-state index in [1.165, 1.54) is 83.5 Å². The minimum absolute atomic E-state index is 0.0988. The lowest BCUT2D eigenvalue weighted by molar-refractivity contribution is -0.167. The van der Waals surface area contributed by atoms with Crippen LogP contribution in [0, 0.1) is 0 Å². The van der Waals surface area contributed by atoms with Gasteiger partial charge in [-0.05, 0) is 148 Å². The van der Waals surface area contributed by atoms with Crippen molar-refractivity contribution in [2.24, 2.45) is 0 Å². The number of carbonyl (C=O) groups excluding carboxylic acids is 3. The fraction of sp³-hybridized carbons (Fsp3) is 0.623. The smallest absolute Gasteiger partial charge is 0.306 e. The van der Waals surface area contributed by atoms with E-state index in [4.69, 9.17) is 14.2 Å². The Morgan fingerprint density at radius 1 is 0.253 bits per heavy atom. The summed E-state index contributed by atoms with van der Waals surface area (Å²) in [5, 5.41) is 0. The highest BCUT2D eigenvalue weighted by Crippen LogP contribution is 2.15. The number of hydrogen-bond acceptors (Lipinski definition) is 6. The summed E-state index contributed by atoms with van der Waals surface area (Å²) in [6, 6.07) is 0. The summed E-state index contributed by atoms with van der Waals surface area (Å²) >= 11 is 0. The van der Waals surface area contributed by atoms with Crippen LogP contribution in [0.4, 0.5) is 0 Å². The Morgan fingerprint density at radius 3 is 0.735 bits per heavy atom. The Morgan fingerprint density at radius 2 is 0.470 bits per heavy atom. The zero-order chi connectivity index (χ0) is 59.9. The summed E-state index contributed by atoms with van der Waals surface area (Å²) in [5.74, 6) is -0.931. The monoisotopic (exact) mass is 1140 g/mol. The third-order valence-corrected chi connectivity index (χ3v) is 14.0. The molecule has 0 heterocycles. The number of hydrogen-bond donors (Lipinski definition) is 0. The molecule has 468 valence electrons. The SMILES string of the molecule is CC/C=C\C/C=C\C/C=C\C/C=C\C/C=C\C/C=C\CCCCCCCCCCC(=O)OCC(COC(=O)CCCCCCCC/C=C\C/C=C\C/C=C\CCCCC)OC(=O)CCCCCCCC/C=C\C/C=C\C/C=C\C/C=C\CC. The summed E-state index contributed by atoms with van der Waals surface area (Å²) in [6.45, 7) is 6.37. The molecule has 0 N–H and O–H groups in total. The highest BCUT2D eigenvalue weighted by molar-refractivity contribution is 5.71. The van der Waals surface area contributed by atoms with Crippen LogP contribution in [0.1, 0.15) is 290 Å². The van der Waals surface area contributed by atoms with E-state index in [1.807, 2.05) is 0 Å². The van der Waals surface area contributed by atoms with Gasteiger partial charge in [-0.15, -0.1) is 0 Å². The van der Waals surface area contributed by atoms with Crippen LogP contribution in [-0.4, -0.2) is 37.2 Å². The lowest BCUT2D eigenvalue weighted by Gasteiger charge is -2.18. The Bertz CT molecular complexity index is 1840. The van der Waals surface area contributed by atoms with E-state index in [0.717, 1.165) is 167 Å². The zero-order valence-corrected chi connectivity index (χ0v) is 53.7. The van der Waals surface area contributed by atoms with Gasteiger partial charge in [0.2, 0.25) is 0 Å². The molecular weight excluding hydrogens is 1020 g/mol. The van der Waals surface area contributed by atoms with Crippen LogP contribution < -0.4 is 0 Å². The molecular formula is C77H124O6. The summed E-state index contributed by atoms with van der Waals surface area (Å²) in [6.07, 6.45) is 101. The molecule has 0 saturated heterocycles. The highest BCUT2D eigenvalue weighted by atomic mass is 16.6. The van der Waals surface area contributed by atoms with Gasteiger partial charge in [0.15, 0.2) is 6.10 Å². The number of esters is 3. The minimum atomic E-state index is -0.805. The third kappa shape index (κ3) is 67.7. The van der Waals surface area contributed by atoms with Crippen LogP contribution in [0.3, 0.4) is 0 Å². The molecule has 0 saturated carbocycles. The Kier molecular flexibility index (Phi) is 65.4. The molecule has 0 aliphatic heterocycles. The molecule has 0 aromatic carbocycles. The van der Waals surface area contributed by atoms with Crippen LogP contribution in [0.5, 0.6) is 0 Å². The first-order valence-corrected chi connectivity index (χ1v) is 34.0. The Balaban J connectivity index is 4.46. The van der Waals surface area contributed by atoms with Gasteiger partial charge >= 0.3 is 17.9 Å². The second-order valence-electron chi connectivity index (χ2n) is 22.0. The molecule has 0 rings (SSSR count). The van der Waals surface area contributed by atoms with Gasteiger partial charge in [0.25, 0.3) is 0 Å². The first-order valence-electron chi connectivity index (χ1n) is 34.0. The van der Waals surface area contributed by atoms with Crippen molar-refractivity contribution in [1.82, 2.24) is 0 Å². The van der Waals surface area contributed by atoms with Gasteiger partial charge in [0.1, 0.15) is 13.2 Å². The van der Waals surface area contributed by atoms with Crippen LogP contribution >= 0.6 is 0 Å². The van der Waals surface area contributed by atoms with Gasteiger partial charge in [-0.2, -0.15) is 0 Å². The van der Waals surface area contributed by atoms with Crippen LogP contribution in [0.15, 0.2) is 158 Å². The minimum Gasteiger partial charge on any atom is -0.462 e. The Labute approximate surface area is 511 Å². The summed E-state index contributed by atoms with van der Waals surface area (Å²) in [7, 11) is 0. The van der Waals surface area contributed by atoms with Crippen molar-refractivity contribution in [1.29, 1.82) is 0 Å². The zero-order valence-electron chi connectivity index (χ0n) is 53.7. The number of unbranched alkanes of at least 4 members (excludes halogenated alkanes) is 23. The van der Waals surface area contributed by atoms with E-state index < -0.39 is 6.10 Å². The average molecular weight is 1150 g/mol. The first-order chi connectivity index (χ1) is 41.0. The molecule has 1 atom stereocenters. The topological polar surface area (TPSA) is 78.9 Å². The largest absolute Gasteiger partial charge is 0.462 e. The molecule has 0 aromatic heterocycles. The van der Waals surface area contributed by atoms with Crippen LogP contribution in [-0.2, 0) is 28.6 Å². The second kappa shape index (κ2) is 69.5. The lowest BCUT2D eigenvalue weighted by atomic mass is 10.1. The number of carbonyl (C=O) groups is 3. The average Bonchev–Trinajstić information content (AvgIpc) is 3.50. The van der Waals surface area contributed by atoms with Crippen molar-refractivity contribution in [3.8, 4) is 0 Å². The Hall–Kier alpha value is -4.97. The normalized spacial score (nSPS) is 13.1. The van der Waals surface area contributed by atoms with Gasteiger partial charge in [-0.1, -0.05) is 281 Å². The van der Waals surface area contributed by atoms with Gasteiger partial charge < -0.3 is 14.2 Å². The predicted molar refractivity (Wildman–Crippen MR) is 362 cm³/mol. The number of ether oxygens (including phenoxy) is 3. The summed E-state index contributed by atoms with van der Waals surface area (Å²) < 4.78 is 17.0. The number of rotatable bonds is 60. The van der Waals surface area contributed by atoms with E-state index in [9.17, 15) is 14.4 Å². The molecule has 0 bridgehead atoms. The first kappa shape index (κ1) is 78.0. The van der Waals surface area contributed by atoms with Gasteiger partial charge in [-0.3, -0.25) is 14.4 Å². The molecule has 0 aromatic rings. The number of allylic oxidation sites excluding steroid dienone is 26. The van der Waals surface area contributed by atoms with Gasteiger partial charge in [-0.25, -0.2) is 0 Å². The molecule has 0 aliphatic carbocycles. The second-order valence-corrected chi connectivity index (χ2v) is 22.0. The van der Waals surface area contributed by atoms with Crippen molar-refractivity contribution in [2.75, 3.05) is 13.2 Å². The van der Waals surface area contributed by atoms with E-state index >= 15 is 0 Å². The molecule has 0 aliphatic rings. The lowest BCUT2D eigenvalue weighted by Crippen LogP contribution is -2.30. The highest BCUT2D eigenvalue weighted by Gasteiger charge is 2.19. The van der Waals surface area contributed by atoms with Crippen molar-refractivity contribution in [3.05, 3.63) is 158 Å². The van der Waals surface area contributed by atoms with Crippen molar-refractivity contribution >= 4 is 17.9 Å². The summed E-state index contributed by atoms with van der Waals surface area (Å²) in [5.41, 5.74) is 0. The standard InChI is InChI=1S/C77H124O6/c1-4-7-10-13-16-19-22-25-28-31-34-35-36-37-38-39-40-41-44-46-49-52-55-58-61-64-67-70-76(79)82-73-74(83-77(80)71-68-65-62-59-56-53-50-47-43-33-30-27-24-21-18-15-12-9-6-3)72-81-75(78)69-66-63-60-57-54-51-48-45-42-32-29-26-23-20-17-14-11-8-5-2/h7,9-10,12,16-21,25-30,34-35,37-38,40-43,45,47,74H,4-6,8,11,13-15,22-24,31-33,36,39,44,46,48-73H2,1-3H3/b10-7-,12-9-,19-16-,20-17-,21-18-,28-25-,29-26-,30-27-,35-34-,38-37-,41-40-,45-42-,47-43-.